The molecule has 104 valence electrons. The molecule has 1 aromatic carbocycles. The minimum absolute atomic E-state index is 0.0995. The fourth-order valence-corrected chi connectivity index (χ4v) is 1.68. The van der Waals surface area contributed by atoms with Gasteiger partial charge in [0.25, 0.3) is 5.69 Å². The van der Waals surface area contributed by atoms with Crippen LogP contribution in [-0.4, -0.2) is 27.6 Å². The van der Waals surface area contributed by atoms with Gasteiger partial charge in [-0.3, -0.25) is 10.1 Å². The van der Waals surface area contributed by atoms with Crippen LogP contribution < -0.4 is 10.6 Å². The van der Waals surface area contributed by atoms with Gasteiger partial charge in [-0.1, -0.05) is 0 Å². The average molecular weight is 279 g/mol. The van der Waals surface area contributed by atoms with E-state index in [1.165, 1.54) is 0 Å². The lowest BCUT2D eigenvalue weighted by molar-refractivity contribution is -0.388. The van der Waals surface area contributed by atoms with E-state index in [2.05, 4.69) is 10.6 Å². The number of anilines is 2. The van der Waals surface area contributed by atoms with Crippen molar-refractivity contribution in [3.05, 3.63) is 27.8 Å². The van der Waals surface area contributed by atoms with Crippen molar-refractivity contribution in [3.8, 4) is 0 Å². The summed E-state index contributed by atoms with van der Waals surface area (Å²) in [6, 6.07) is 1.16. The highest BCUT2D eigenvalue weighted by molar-refractivity contribution is 5.76. The third kappa shape index (κ3) is 2.39. The maximum atomic E-state index is 12.7. The molecule has 1 heterocycles. The maximum Gasteiger partial charge on any atom is 0.423 e. The van der Waals surface area contributed by atoms with Gasteiger partial charge in [-0.05, 0) is 6.07 Å². The van der Waals surface area contributed by atoms with Gasteiger partial charge >= 0.3 is 6.18 Å². The number of rotatable bonds is 1. The summed E-state index contributed by atoms with van der Waals surface area (Å²) >= 11 is 0. The number of fused-ring (bicyclic) bond motifs is 1. The van der Waals surface area contributed by atoms with E-state index >= 15 is 0 Å². The standard InChI is InChI=1S/C9H8F3N3O4/c10-9(11,12)3-1-4-5(2-6(3)15(18)19)14-8(17)7(16)13-4/h1-2,7-8,13-14,16-17H. The van der Waals surface area contributed by atoms with Gasteiger partial charge in [0.15, 0.2) is 12.5 Å². The lowest BCUT2D eigenvalue weighted by Crippen LogP contribution is -2.42. The van der Waals surface area contributed by atoms with E-state index < -0.39 is 34.8 Å². The van der Waals surface area contributed by atoms with Crippen molar-refractivity contribution in [2.24, 2.45) is 0 Å². The zero-order valence-corrected chi connectivity index (χ0v) is 9.10. The van der Waals surface area contributed by atoms with Crippen LogP contribution in [0.2, 0.25) is 0 Å². The number of halogens is 3. The van der Waals surface area contributed by atoms with E-state index in [1.54, 1.807) is 0 Å². The first-order valence-electron chi connectivity index (χ1n) is 4.99. The first-order chi connectivity index (χ1) is 8.70. The Hall–Kier alpha value is -2.07. The highest BCUT2D eigenvalue weighted by atomic mass is 19.4. The van der Waals surface area contributed by atoms with E-state index in [4.69, 9.17) is 0 Å². The Bertz CT molecular complexity index is 534. The van der Waals surface area contributed by atoms with Crippen LogP contribution in [0.25, 0.3) is 0 Å². The first kappa shape index (κ1) is 13.4. The van der Waals surface area contributed by atoms with Crippen LogP contribution in [0.5, 0.6) is 0 Å². The number of nitrogens with one attached hydrogen (secondary N) is 2. The van der Waals surface area contributed by atoms with E-state index in [9.17, 15) is 33.5 Å². The van der Waals surface area contributed by atoms with Gasteiger partial charge in [0.2, 0.25) is 0 Å². The molecule has 2 rings (SSSR count). The zero-order chi connectivity index (χ0) is 14.4. The smallest absolute Gasteiger partial charge is 0.369 e. The van der Waals surface area contributed by atoms with E-state index in [-0.39, 0.29) is 11.4 Å². The van der Waals surface area contributed by atoms with Crippen LogP contribution in [0.3, 0.4) is 0 Å². The predicted molar refractivity (Wildman–Crippen MR) is 57.4 cm³/mol. The molecule has 0 radical (unpaired) electrons. The monoisotopic (exact) mass is 279 g/mol. The highest BCUT2D eigenvalue weighted by Gasteiger charge is 2.40. The quantitative estimate of drug-likeness (QED) is 0.452. The van der Waals surface area contributed by atoms with Crippen LogP contribution in [0.1, 0.15) is 5.56 Å². The second kappa shape index (κ2) is 4.24. The number of aliphatic hydroxyl groups excluding tert-OH is 2. The van der Waals surface area contributed by atoms with Crippen molar-refractivity contribution in [2.75, 3.05) is 10.6 Å². The number of aliphatic hydroxyl groups is 2. The molecule has 7 nitrogen and oxygen atoms in total. The number of alkyl halides is 3. The molecule has 2 unspecified atom stereocenters. The lowest BCUT2D eigenvalue weighted by Gasteiger charge is -2.29. The van der Waals surface area contributed by atoms with Crippen LogP contribution >= 0.6 is 0 Å². The molecule has 19 heavy (non-hydrogen) atoms. The van der Waals surface area contributed by atoms with Crippen molar-refractivity contribution in [1.82, 2.24) is 0 Å². The fourth-order valence-electron chi connectivity index (χ4n) is 1.68. The number of nitro benzene ring substituents is 1. The molecule has 0 amide bonds. The number of hydrogen-bond donors (Lipinski definition) is 4. The largest absolute Gasteiger partial charge is 0.423 e. The van der Waals surface area contributed by atoms with Crippen LogP contribution in [0.15, 0.2) is 12.1 Å². The molecule has 0 saturated carbocycles. The zero-order valence-electron chi connectivity index (χ0n) is 9.10. The summed E-state index contributed by atoms with van der Waals surface area (Å²) in [6.07, 6.45) is -7.90. The third-order valence-electron chi connectivity index (χ3n) is 2.54. The highest BCUT2D eigenvalue weighted by Crippen LogP contribution is 2.42. The third-order valence-corrected chi connectivity index (χ3v) is 2.54. The van der Waals surface area contributed by atoms with Gasteiger partial charge in [0.1, 0.15) is 5.56 Å². The van der Waals surface area contributed by atoms with Crippen LogP contribution in [0, 0.1) is 10.1 Å². The van der Waals surface area contributed by atoms with Crippen molar-refractivity contribution in [1.29, 1.82) is 0 Å². The maximum absolute atomic E-state index is 12.7. The summed E-state index contributed by atoms with van der Waals surface area (Å²) in [5.74, 6) is 0. The van der Waals surface area contributed by atoms with Gasteiger partial charge < -0.3 is 20.8 Å². The van der Waals surface area contributed by atoms with Gasteiger partial charge in [0.05, 0.1) is 16.3 Å². The minimum atomic E-state index is -4.90. The fraction of sp³-hybridized carbons (Fsp3) is 0.333. The van der Waals surface area contributed by atoms with Crippen molar-refractivity contribution in [3.63, 3.8) is 0 Å². The second-order valence-corrected chi connectivity index (χ2v) is 3.85. The number of nitrogens with zero attached hydrogens (tertiary/aromatic N) is 1. The number of benzene rings is 1. The molecular weight excluding hydrogens is 271 g/mol. The molecular formula is C9H8F3N3O4. The Morgan fingerprint density at radius 1 is 1.16 bits per heavy atom. The van der Waals surface area contributed by atoms with Gasteiger partial charge in [0, 0.05) is 6.07 Å². The molecule has 0 aromatic heterocycles. The first-order valence-corrected chi connectivity index (χ1v) is 4.99. The Kier molecular flexibility index (Phi) is 2.98. The topological polar surface area (TPSA) is 108 Å². The normalized spacial score (nSPS) is 22.2. The molecule has 10 heteroatoms. The Balaban J connectivity index is 2.58. The Morgan fingerprint density at radius 2 is 1.63 bits per heavy atom. The molecule has 1 aromatic rings. The molecule has 4 N–H and O–H groups in total. The Morgan fingerprint density at radius 3 is 2.05 bits per heavy atom. The summed E-state index contributed by atoms with van der Waals surface area (Å²) in [7, 11) is 0. The predicted octanol–water partition coefficient (Wildman–Crippen LogP) is 1.09. The van der Waals surface area contributed by atoms with E-state index in [0.717, 1.165) is 0 Å². The SMILES string of the molecule is O=[N+]([O-])c1cc2c(cc1C(F)(F)F)NC(O)C(O)N2. The molecule has 1 aliphatic rings. The molecule has 1 aliphatic heterocycles. The summed E-state index contributed by atoms with van der Waals surface area (Å²) in [6.45, 7) is 0. The van der Waals surface area contributed by atoms with Gasteiger partial charge in [-0.2, -0.15) is 13.2 Å². The van der Waals surface area contributed by atoms with Gasteiger partial charge in [-0.15, -0.1) is 0 Å². The molecule has 0 spiro atoms. The summed E-state index contributed by atoms with van der Waals surface area (Å²) < 4.78 is 38.1. The van der Waals surface area contributed by atoms with E-state index in [0.29, 0.717) is 12.1 Å². The summed E-state index contributed by atoms with van der Waals surface area (Å²) in [4.78, 5) is 9.48. The van der Waals surface area contributed by atoms with Crippen molar-refractivity contribution in [2.45, 2.75) is 18.6 Å². The Labute approximate surface area is 103 Å². The van der Waals surface area contributed by atoms with Crippen LogP contribution in [-0.2, 0) is 6.18 Å². The van der Waals surface area contributed by atoms with Gasteiger partial charge in [-0.25, -0.2) is 0 Å². The summed E-state index contributed by atoms with van der Waals surface area (Å²) in [5, 5.41) is 33.6. The van der Waals surface area contributed by atoms with Crippen molar-refractivity contribution < 1.29 is 28.3 Å². The molecule has 0 bridgehead atoms. The number of hydrogen-bond acceptors (Lipinski definition) is 6. The average Bonchev–Trinajstić information content (AvgIpc) is 2.27. The van der Waals surface area contributed by atoms with Crippen molar-refractivity contribution >= 4 is 17.1 Å². The van der Waals surface area contributed by atoms with E-state index in [1.807, 2.05) is 0 Å². The molecule has 0 saturated heterocycles. The minimum Gasteiger partial charge on any atom is -0.369 e. The lowest BCUT2D eigenvalue weighted by atomic mass is 10.1. The molecule has 0 aliphatic carbocycles. The van der Waals surface area contributed by atoms with Crippen LogP contribution in [0.4, 0.5) is 30.2 Å². The second-order valence-electron chi connectivity index (χ2n) is 3.85. The molecule has 2 atom stereocenters. The number of nitro groups is 1. The summed E-state index contributed by atoms with van der Waals surface area (Å²) in [5.41, 5.74) is -2.86. The molecule has 0 fully saturated rings.